The molecule has 0 radical (unpaired) electrons. The van der Waals surface area contributed by atoms with Gasteiger partial charge >= 0.3 is 5.97 Å². The number of aromatic nitrogens is 1. The van der Waals surface area contributed by atoms with Gasteiger partial charge in [0.05, 0.1) is 5.69 Å². The first kappa shape index (κ1) is 11.8. The normalized spacial score (nSPS) is 24.8. The summed E-state index contributed by atoms with van der Waals surface area (Å²) in [5.74, 6) is 0.599. The molecule has 98 valence electrons. The number of nitrogens with zero attached hydrogens (tertiary/aromatic N) is 1. The molecule has 18 heavy (non-hydrogen) atoms. The molecule has 4 heteroatoms. The smallest absolute Gasteiger partial charge is 0.314 e. The van der Waals surface area contributed by atoms with E-state index in [0.29, 0.717) is 18.1 Å². The summed E-state index contributed by atoms with van der Waals surface area (Å²) in [6, 6.07) is 0. The molecular weight excluding hydrogens is 230 g/mol. The average Bonchev–Trinajstić information content (AvgIpc) is 2.83. The van der Waals surface area contributed by atoms with Gasteiger partial charge in [0, 0.05) is 5.92 Å². The number of oxazole rings is 1. The number of rotatable bonds is 2. The fraction of sp³-hybridized carbons (Fsp3) is 0.714. The molecule has 1 heterocycles. The minimum Gasteiger partial charge on any atom is -0.481 e. The maximum Gasteiger partial charge on any atom is 0.314 e. The fourth-order valence-electron chi connectivity index (χ4n) is 3.20. The highest BCUT2D eigenvalue weighted by molar-refractivity contribution is 5.75. The van der Waals surface area contributed by atoms with Gasteiger partial charge in [-0.3, -0.25) is 4.79 Å². The Labute approximate surface area is 106 Å². The van der Waals surface area contributed by atoms with Gasteiger partial charge in [-0.1, -0.05) is 19.3 Å². The Morgan fingerprint density at radius 3 is 2.67 bits per heavy atom. The topological polar surface area (TPSA) is 63.3 Å². The molecule has 2 aliphatic rings. The van der Waals surface area contributed by atoms with E-state index in [-0.39, 0.29) is 0 Å². The third-order valence-corrected chi connectivity index (χ3v) is 4.22. The number of fused-ring (bicyclic) bond motifs is 1. The molecule has 2 aliphatic carbocycles. The molecular formula is C14H19NO3. The summed E-state index contributed by atoms with van der Waals surface area (Å²) in [4.78, 5) is 15.8. The first-order chi connectivity index (χ1) is 8.75. The van der Waals surface area contributed by atoms with Gasteiger partial charge in [0.2, 0.25) is 0 Å². The van der Waals surface area contributed by atoms with E-state index in [1.165, 1.54) is 19.3 Å². The van der Waals surface area contributed by atoms with Gasteiger partial charge in [-0.05, 0) is 32.1 Å². The first-order valence-corrected chi connectivity index (χ1v) is 6.98. The Morgan fingerprint density at radius 1 is 1.17 bits per heavy atom. The molecule has 1 aromatic heterocycles. The fourth-order valence-corrected chi connectivity index (χ4v) is 3.20. The zero-order valence-corrected chi connectivity index (χ0v) is 10.5. The van der Waals surface area contributed by atoms with Gasteiger partial charge < -0.3 is 9.52 Å². The van der Waals surface area contributed by atoms with Crippen LogP contribution in [0, 0.1) is 0 Å². The molecule has 1 N–H and O–H groups in total. The van der Waals surface area contributed by atoms with Crippen molar-refractivity contribution in [2.24, 2.45) is 0 Å². The second-order valence-electron chi connectivity index (χ2n) is 5.48. The quantitative estimate of drug-likeness (QED) is 0.874. The predicted molar refractivity (Wildman–Crippen MR) is 65.6 cm³/mol. The lowest BCUT2D eigenvalue weighted by Gasteiger charge is -2.18. The van der Waals surface area contributed by atoms with Crippen LogP contribution in [0.4, 0.5) is 0 Å². The van der Waals surface area contributed by atoms with Crippen LogP contribution in [0.1, 0.15) is 74.1 Å². The van der Waals surface area contributed by atoms with Crippen molar-refractivity contribution < 1.29 is 14.3 Å². The second-order valence-corrected chi connectivity index (χ2v) is 5.48. The van der Waals surface area contributed by atoms with Gasteiger partial charge in [-0.2, -0.15) is 0 Å². The Balaban J connectivity index is 1.88. The molecule has 3 rings (SSSR count). The van der Waals surface area contributed by atoms with Crippen LogP contribution in [0.15, 0.2) is 4.42 Å². The molecule has 0 aromatic carbocycles. The minimum absolute atomic E-state index is 0.416. The number of hydrogen-bond acceptors (Lipinski definition) is 3. The van der Waals surface area contributed by atoms with E-state index in [0.717, 1.165) is 37.3 Å². The maximum atomic E-state index is 11.2. The molecule has 1 aromatic rings. The van der Waals surface area contributed by atoms with Gasteiger partial charge in [-0.25, -0.2) is 4.98 Å². The van der Waals surface area contributed by atoms with Crippen LogP contribution in [0.3, 0.4) is 0 Å². The lowest BCUT2D eigenvalue weighted by molar-refractivity contribution is -0.139. The van der Waals surface area contributed by atoms with Crippen LogP contribution in [0.25, 0.3) is 0 Å². The standard InChI is InChI=1S/C14H19NO3/c16-14(17)10-7-4-8-11-12(10)18-13(15-11)9-5-2-1-3-6-9/h9-10H,1-8H2,(H,16,17). The van der Waals surface area contributed by atoms with Crippen molar-refractivity contribution in [1.82, 2.24) is 4.98 Å². The largest absolute Gasteiger partial charge is 0.481 e. The molecule has 1 fully saturated rings. The van der Waals surface area contributed by atoms with E-state index < -0.39 is 11.9 Å². The van der Waals surface area contributed by atoms with E-state index in [9.17, 15) is 9.90 Å². The number of aliphatic carboxylic acids is 1. The van der Waals surface area contributed by atoms with Crippen molar-refractivity contribution in [3.8, 4) is 0 Å². The van der Waals surface area contributed by atoms with E-state index in [1.54, 1.807) is 0 Å². The SMILES string of the molecule is O=C(O)C1CCCc2nc(C3CCCCC3)oc21. The zero-order chi connectivity index (χ0) is 12.5. The van der Waals surface area contributed by atoms with E-state index in [1.807, 2.05) is 0 Å². The highest BCUT2D eigenvalue weighted by Gasteiger charge is 2.33. The van der Waals surface area contributed by atoms with Crippen LogP contribution in [0.5, 0.6) is 0 Å². The predicted octanol–water partition coefficient (Wildman–Crippen LogP) is 3.23. The molecule has 1 atom stereocenters. The number of carboxylic acid groups (broad SMARTS) is 1. The molecule has 0 bridgehead atoms. The summed E-state index contributed by atoms with van der Waals surface area (Å²) < 4.78 is 5.83. The molecule has 0 saturated heterocycles. The summed E-state index contributed by atoms with van der Waals surface area (Å²) >= 11 is 0. The van der Waals surface area contributed by atoms with Crippen LogP contribution in [-0.2, 0) is 11.2 Å². The van der Waals surface area contributed by atoms with E-state index in [2.05, 4.69) is 4.98 Å². The molecule has 0 amide bonds. The van der Waals surface area contributed by atoms with Crippen molar-refractivity contribution in [3.63, 3.8) is 0 Å². The zero-order valence-electron chi connectivity index (χ0n) is 10.5. The third-order valence-electron chi connectivity index (χ3n) is 4.22. The monoisotopic (exact) mass is 249 g/mol. The maximum absolute atomic E-state index is 11.2. The Hall–Kier alpha value is -1.32. The second kappa shape index (κ2) is 4.75. The van der Waals surface area contributed by atoms with Gasteiger partial charge in [-0.15, -0.1) is 0 Å². The number of aryl methyl sites for hydroxylation is 1. The van der Waals surface area contributed by atoms with Gasteiger partial charge in [0.25, 0.3) is 0 Å². The van der Waals surface area contributed by atoms with Crippen molar-refractivity contribution in [1.29, 1.82) is 0 Å². The minimum atomic E-state index is -0.776. The van der Waals surface area contributed by atoms with Crippen molar-refractivity contribution in [2.45, 2.75) is 63.2 Å². The van der Waals surface area contributed by atoms with Crippen LogP contribution < -0.4 is 0 Å². The van der Waals surface area contributed by atoms with Crippen molar-refractivity contribution >= 4 is 5.97 Å². The molecule has 1 saturated carbocycles. The lowest BCUT2D eigenvalue weighted by Crippen LogP contribution is -2.16. The summed E-state index contributed by atoms with van der Waals surface area (Å²) in [5.41, 5.74) is 0.897. The van der Waals surface area contributed by atoms with Crippen LogP contribution in [0.2, 0.25) is 0 Å². The Morgan fingerprint density at radius 2 is 1.94 bits per heavy atom. The summed E-state index contributed by atoms with van der Waals surface area (Å²) in [6.45, 7) is 0. The van der Waals surface area contributed by atoms with Crippen molar-refractivity contribution in [2.75, 3.05) is 0 Å². The lowest BCUT2D eigenvalue weighted by atomic mass is 9.89. The number of carboxylic acids is 1. The molecule has 4 nitrogen and oxygen atoms in total. The molecule has 1 unspecified atom stereocenters. The molecule has 0 spiro atoms. The Bertz CT molecular complexity index is 446. The first-order valence-electron chi connectivity index (χ1n) is 6.98. The summed E-state index contributed by atoms with van der Waals surface area (Å²) in [6.07, 6.45) is 8.50. The van der Waals surface area contributed by atoms with E-state index in [4.69, 9.17) is 4.42 Å². The highest BCUT2D eigenvalue weighted by atomic mass is 16.4. The van der Waals surface area contributed by atoms with Crippen molar-refractivity contribution in [3.05, 3.63) is 17.3 Å². The number of hydrogen-bond donors (Lipinski definition) is 1. The van der Waals surface area contributed by atoms with E-state index >= 15 is 0 Å². The number of carbonyl (C=O) groups is 1. The summed E-state index contributed by atoms with van der Waals surface area (Å²) in [5, 5.41) is 9.22. The Kier molecular flexibility index (Phi) is 3.10. The average molecular weight is 249 g/mol. The van der Waals surface area contributed by atoms with Gasteiger partial charge in [0.15, 0.2) is 5.89 Å². The van der Waals surface area contributed by atoms with Gasteiger partial charge in [0.1, 0.15) is 11.7 Å². The van der Waals surface area contributed by atoms with Crippen LogP contribution in [-0.4, -0.2) is 16.1 Å². The third kappa shape index (κ3) is 2.04. The molecule has 0 aliphatic heterocycles. The van der Waals surface area contributed by atoms with Crippen LogP contribution >= 0.6 is 0 Å². The highest BCUT2D eigenvalue weighted by Crippen LogP contribution is 2.37. The summed E-state index contributed by atoms with van der Waals surface area (Å²) in [7, 11) is 0.